The van der Waals surface area contributed by atoms with Crippen LogP contribution < -0.4 is 10.2 Å². The number of hydrogen-bond acceptors (Lipinski definition) is 10. The highest BCUT2D eigenvalue weighted by Gasteiger charge is 2.41. The van der Waals surface area contributed by atoms with Crippen LogP contribution in [0, 0.1) is 11.8 Å². The number of rotatable bonds is 34. The first-order valence-electron chi connectivity index (χ1n) is 21.4. The number of likely N-dealkylation sites (N-methyl/N-ethyl adjacent to an activating group) is 1. The van der Waals surface area contributed by atoms with E-state index in [9.17, 15) is 39.5 Å². The van der Waals surface area contributed by atoms with Crippen molar-refractivity contribution in [1.29, 1.82) is 0 Å². The largest absolute Gasteiger partial charge is 0.756 e. The summed E-state index contributed by atoms with van der Waals surface area (Å²) in [6.07, 6.45) is 21.3. The average molecular weight is 803 g/mol. The fourth-order valence-electron chi connectivity index (χ4n) is 6.85. The van der Waals surface area contributed by atoms with Gasteiger partial charge in [-0.05, 0) is 32.1 Å². The summed E-state index contributed by atoms with van der Waals surface area (Å²) in [7, 11) is 1.03. The number of unbranched alkanes of at least 4 members (excludes halogenated alkanes) is 13. The molecule has 0 radical (unpaired) electrons. The number of carbonyl (C=O) groups is 2. The molecule has 13 heteroatoms. The smallest absolute Gasteiger partial charge is 0.268 e. The maximum Gasteiger partial charge on any atom is 0.268 e. The highest BCUT2D eigenvalue weighted by molar-refractivity contribution is 7.45. The van der Waals surface area contributed by atoms with Crippen molar-refractivity contribution in [2.45, 2.75) is 179 Å². The number of allylic oxidation sites excluding steroid dienone is 1. The number of Topliss-reactive ketones (excluding diaryl/α,β-unsaturated/α-hetero) is 1. The molecule has 1 aliphatic rings. The lowest BCUT2D eigenvalue weighted by Gasteiger charge is -2.29. The van der Waals surface area contributed by atoms with Crippen molar-refractivity contribution in [3.05, 3.63) is 24.3 Å². The van der Waals surface area contributed by atoms with Gasteiger partial charge >= 0.3 is 0 Å². The van der Waals surface area contributed by atoms with E-state index in [0.717, 1.165) is 38.5 Å². The molecule has 0 spiro atoms. The standard InChI is InChI=1S/C42H79N2O10P/c1-6-8-10-11-12-13-14-15-16-17-18-20-25-39(47)38(33-54-55(51,52)53-30-29-44(3,4)5)43-42(50)26-22-21-24-35(46)31-37-36(40(48)32-41(37)49)28-27-34(45)23-19-9-7-2/h20,25,27-28,34,36-41,45,47-49H,6-19,21-24,26,29-33H2,1-5H3,(H-,43,50,51,52)/b25-20+,28-27+/t34-,36+,37+,38-,39+,40+,41-/m0/s1. The van der Waals surface area contributed by atoms with Gasteiger partial charge in [0, 0.05) is 37.5 Å². The van der Waals surface area contributed by atoms with Crippen LogP contribution in [0.25, 0.3) is 0 Å². The number of phosphoric ester groups is 1. The van der Waals surface area contributed by atoms with Crippen molar-refractivity contribution < 1.29 is 53.0 Å². The Morgan fingerprint density at radius 2 is 1.44 bits per heavy atom. The van der Waals surface area contributed by atoms with E-state index in [1.165, 1.54) is 51.4 Å². The number of aliphatic hydroxyl groups excluding tert-OH is 4. The third-order valence-corrected chi connectivity index (χ3v) is 11.4. The molecule has 1 fully saturated rings. The Morgan fingerprint density at radius 1 is 0.836 bits per heavy atom. The minimum atomic E-state index is -4.69. The molecule has 322 valence electrons. The predicted molar refractivity (Wildman–Crippen MR) is 217 cm³/mol. The molecule has 0 aliphatic heterocycles. The van der Waals surface area contributed by atoms with Gasteiger partial charge in [0.1, 0.15) is 18.9 Å². The molecule has 55 heavy (non-hydrogen) atoms. The summed E-state index contributed by atoms with van der Waals surface area (Å²) in [5.41, 5.74) is 0. The zero-order valence-corrected chi connectivity index (χ0v) is 35.8. The van der Waals surface area contributed by atoms with Gasteiger partial charge in [-0.3, -0.25) is 14.2 Å². The van der Waals surface area contributed by atoms with Crippen molar-refractivity contribution in [1.82, 2.24) is 5.32 Å². The number of aliphatic hydroxyl groups is 4. The lowest BCUT2D eigenvalue weighted by molar-refractivity contribution is -0.870. The molecule has 1 saturated carbocycles. The Morgan fingerprint density at radius 3 is 2.07 bits per heavy atom. The number of ketones is 1. The van der Waals surface area contributed by atoms with Gasteiger partial charge in [-0.2, -0.15) is 0 Å². The average Bonchev–Trinajstić information content (AvgIpc) is 3.37. The van der Waals surface area contributed by atoms with Crippen LogP contribution in [0.2, 0.25) is 0 Å². The van der Waals surface area contributed by atoms with E-state index in [1.54, 1.807) is 18.2 Å². The number of nitrogens with zero attached hydrogens (tertiary/aromatic N) is 1. The molecule has 1 unspecified atom stereocenters. The predicted octanol–water partition coefficient (Wildman–Crippen LogP) is 6.28. The van der Waals surface area contributed by atoms with Crippen molar-refractivity contribution in [3.63, 3.8) is 0 Å². The SMILES string of the molecule is CCCCCCCCCCCC/C=C/[C@@H](O)[C@H](COP(=O)([O-])OCC[N+](C)(C)C)NC(=O)CCCCC(=O)C[C@@H]1[C@@H](/C=C/[C@@H](O)CCCCC)[C@H](O)C[C@@H]1O. The van der Waals surface area contributed by atoms with Crippen LogP contribution in [0.3, 0.4) is 0 Å². The van der Waals surface area contributed by atoms with E-state index in [-0.39, 0.29) is 38.1 Å². The highest BCUT2D eigenvalue weighted by Crippen LogP contribution is 2.38. The summed E-state index contributed by atoms with van der Waals surface area (Å²) in [4.78, 5) is 38.3. The molecule has 12 nitrogen and oxygen atoms in total. The van der Waals surface area contributed by atoms with Crippen LogP contribution in [0.4, 0.5) is 0 Å². The van der Waals surface area contributed by atoms with Crippen LogP contribution in [-0.4, -0.2) is 108 Å². The number of nitrogens with one attached hydrogen (secondary N) is 1. The van der Waals surface area contributed by atoms with E-state index in [2.05, 4.69) is 19.2 Å². The Kier molecular flexibility index (Phi) is 27.8. The van der Waals surface area contributed by atoms with E-state index in [4.69, 9.17) is 9.05 Å². The molecule has 1 aliphatic carbocycles. The van der Waals surface area contributed by atoms with Crippen molar-refractivity contribution in [2.75, 3.05) is 40.9 Å². The molecular formula is C42H79N2O10P. The molecule has 0 bridgehead atoms. The minimum Gasteiger partial charge on any atom is -0.756 e. The van der Waals surface area contributed by atoms with E-state index >= 15 is 0 Å². The molecule has 0 heterocycles. The topological polar surface area (TPSA) is 186 Å². The fraction of sp³-hybridized carbons (Fsp3) is 0.857. The maximum atomic E-state index is 12.9. The van der Waals surface area contributed by atoms with Crippen molar-refractivity contribution in [3.8, 4) is 0 Å². The Balaban J connectivity index is 2.63. The van der Waals surface area contributed by atoms with Gasteiger partial charge in [0.25, 0.3) is 7.82 Å². The van der Waals surface area contributed by atoms with Gasteiger partial charge in [0.05, 0.1) is 58.2 Å². The van der Waals surface area contributed by atoms with Gasteiger partial charge < -0.3 is 44.2 Å². The van der Waals surface area contributed by atoms with E-state index in [1.807, 2.05) is 27.2 Å². The van der Waals surface area contributed by atoms with Crippen LogP contribution >= 0.6 is 7.82 Å². The second kappa shape index (κ2) is 29.7. The first-order valence-corrected chi connectivity index (χ1v) is 22.8. The normalized spacial score (nSPS) is 21.9. The Labute approximate surface area is 333 Å². The third-order valence-electron chi connectivity index (χ3n) is 10.4. The molecule has 8 atom stereocenters. The van der Waals surface area contributed by atoms with Gasteiger partial charge in [-0.25, -0.2) is 0 Å². The van der Waals surface area contributed by atoms with Gasteiger partial charge in [-0.15, -0.1) is 0 Å². The molecule has 0 aromatic rings. The third kappa shape index (κ3) is 26.2. The first-order chi connectivity index (χ1) is 26.1. The number of amides is 1. The molecule has 0 saturated heterocycles. The van der Waals surface area contributed by atoms with Crippen LogP contribution in [0.5, 0.6) is 0 Å². The summed E-state index contributed by atoms with van der Waals surface area (Å²) in [6.45, 7) is 4.18. The lowest BCUT2D eigenvalue weighted by Crippen LogP contribution is -2.45. The first kappa shape index (κ1) is 51.5. The number of phosphoric acid groups is 1. The molecule has 0 aromatic heterocycles. The highest BCUT2D eigenvalue weighted by atomic mass is 31.2. The van der Waals surface area contributed by atoms with E-state index < -0.39 is 62.6 Å². The second-order valence-corrected chi connectivity index (χ2v) is 18.1. The molecular weight excluding hydrogens is 723 g/mol. The van der Waals surface area contributed by atoms with Gasteiger partial charge in [0.15, 0.2) is 0 Å². The molecule has 1 rings (SSSR count). The summed E-state index contributed by atoms with van der Waals surface area (Å²) in [6, 6.07) is -1.03. The summed E-state index contributed by atoms with van der Waals surface area (Å²) in [5, 5.41) is 45.0. The number of hydrogen-bond donors (Lipinski definition) is 5. The van der Waals surface area contributed by atoms with Crippen LogP contribution in [0.1, 0.15) is 149 Å². The number of carbonyl (C=O) groups excluding carboxylic acids is 2. The van der Waals surface area contributed by atoms with Gasteiger partial charge in [-0.1, -0.05) is 115 Å². The second-order valence-electron chi connectivity index (χ2n) is 16.7. The zero-order chi connectivity index (χ0) is 41.1. The van der Waals surface area contributed by atoms with Crippen molar-refractivity contribution >= 4 is 19.5 Å². The maximum absolute atomic E-state index is 12.9. The monoisotopic (exact) mass is 803 g/mol. The molecule has 5 N–H and O–H groups in total. The molecule has 1 amide bonds. The van der Waals surface area contributed by atoms with Crippen LogP contribution in [-0.2, 0) is 23.2 Å². The minimum absolute atomic E-state index is 0.0555. The lowest BCUT2D eigenvalue weighted by atomic mass is 9.87. The zero-order valence-electron chi connectivity index (χ0n) is 35.0. The summed E-state index contributed by atoms with van der Waals surface area (Å²) >= 11 is 0. The summed E-state index contributed by atoms with van der Waals surface area (Å²) < 4.78 is 23.1. The fourth-order valence-corrected chi connectivity index (χ4v) is 7.58. The summed E-state index contributed by atoms with van der Waals surface area (Å²) in [5.74, 6) is -1.36. The van der Waals surface area contributed by atoms with E-state index in [0.29, 0.717) is 30.3 Å². The Bertz CT molecular complexity index is 1130. The molecule has 0 aromatic carbocycles. The van der Waals surface area contributed by atoms with Crippen LogP contribution in [0.15, 0.2) is 24.3 Å². The van der Waals surface area contributed by atoms with Gasteiger partial charge in [0.2, 0.25) is 5.91 Å². The Hall–Kier alpha value is -1.47. The number of quaternary nitrogens is 1. The van der Waals surface area contributed by atoms with Crippen molar-refractivity contribution in [2.24, 2.45) is 11.8 Å². The quantitative estimate of drug-likeness (QED) is 0.0215.